The fourth-order valence-electron chi connectivity index (χ4n) is 4.97. The number of amides is 1. The molecule has 1 saturated carbocycles. The first-order valence-corrected chi connectivity index (χ1v) is 11.2. The third kappa shape index (κ3) is 3.25. The molecule has 164 valence electrons. The van der Waals surface area contributed by atoms with Gasteiger partial charge in [-0.15, -0.1) is 0 Å². The zero-order valence-corrected chi connectivity index (χ0v) is 18.3. The molecule has 2 unspecified atom stereocenters. The number of H-pyrrole nitrogens is 1. The number of nitrogens with zero attached hydrogens (tertiary/aromatic N) is 4. The first-order valence-electron chi connectivity index (χ1n) is 11.2. The average molecular weight is 431 g/mol. The zero-order chi connectivity index (χ0) is 22.4. The molecule has 1 aromatic carbocycles. The highest BCUT2D eigenvalue weighted by Crippen LogP contribution is 2.37. The van der Waals surface area contributed by atoms with E-state index in [1.54, 1.807) is 6.20 Å². The van der Waals surface area contributed by atoms with E-state index in [2.05, 4.69) is 16.4 Å². The van der Waals surface area contributed by atoms with Crippen LogP contribution in [-0.2, 0) is 6.54 Å². The van der Waals surface area contributed by atoms with Crippen molar-refractivity contribution in [2.24, 2.45) is 5.92 Å². The molecule has 2 aromatic heterocycles. The number of pyridine rings is 1. The molecule has 8 nitrogen and oxygen atoms in total. The number of rotatable bonds is 4. The minimum absolute atomic E-state index is 0.0487. The molecule has 0 saturated heterocycles. The van der Waals surface area contributed by atoms with E-state index in [-0.39, 0.29) is 29.5 Å². The maximum Gasteiger partial charge on any atom is 0.261 e. The monoisotopic (exact) mass is 430 g/mol. The Hall–Kier alpha value is -3.60. The summed E-state index contributed by atoms with van der Waals surface area (Å²) >= 11 is 0. The van der Waals surface area contributed by atoms with E-state index in [0.29, 0.717) is 17.7 Å². The predicted octanol–water partition coefficient (Wildman–Crippen LogP) is 4.09. The Kier molecular flexibility index (Phi) is 4.97. The number of aromatic nitrogens is 3. The number of hydrogen-bond acceptors (Lipinski definition) is 5. The lowest BCUT2D eigenvalue weighted by Gasteiger charge is -2.27. The number of fused-ring (bicyclic) bond motifs is 2. The molecule has 32 heavy (non-hydrogen) atoms. The molecule has 5 rings (SSSR count). The minimum Gasteiger partial charge on any atom is -0.338 e. The number of anilines is 2. The quantitative estimate of drug-likeness (QED) is 0.648. The summed E-state index contributed by atoms with van der Waals surface area (Å²) in [7, 11) is 0. The third-order valence-electron chi connectivity index (χ3n) is 6.66. The van der Waals surface area contributed by atoms with Gasteiger partial charge in [0, 0.05) is 30.0 Å². The second-order valence-corrected chi connectivity index (χ2v) is 8.97. The third-order valence-corrected chi connectivity index (χ3v) is 6.66. The van der Waals surface area contributed by atoms with Crippen LogP contribution in [0.2, 0.25) is 0 Å². The van der Waals surface area contributed by atoms with Crippen LogP contribution in [0.1, 0.15) is 61.5 Å². The van der Waals surface area contributed by atoms with E-state index in [1.807, 2.05) is 47.7 Å². The first kappa shape index (κ1) is 20.3. The summed E-state index contributed by atoms with van der Waals surface area (Å²) in [6.45, 7) is 4.59. The summed E-state index contributed by atoms with van der Waals surface area (Å²) in [5.74, 6) is 0.397. The molecule has 3 aromatic rings. The van der Waals surface area contributed by atoms with Crippen molar-refractivity contribution in [3.05, 3.63) is 51.9 Å². The van der Waals surface area contributed by atoms with Crippen LogP contribution in [-0.4, -0.2) is 31.6 Å². The van der Waals surface area contributed by atoms with Gasteiger partial charge in [0.1, 0.15) is 5.39 Å². The standard InChI is InChI=1S/C24H26N6O2/c1-14(2)29-13-16-11-17(7-8-18(16)24(29)32)27-22-21-20(9-10-26-23(21)31)30(28-22)19-6-4-3-5-15(19)12-25/h7-11,14-15,19H,3-6,13H2,1-2H3,(H,26,31)(H,27,28). The van der Waals surface area contributed by atoms with Gasteiger partial charge in [-0.1, -0.05) is 12.8 Å². The lowest BCUT2D eigenvalue weighted by atomic mass is 9.85. The molecular formula is C24H26N6O2. The highest BCUT2D eigenvalue weighted by molar-refractivity contribution is 5.99. The molecule has 1 amide bonds. The maximum atomic E-state index is 12.7. The fourth-order valence-corrected chi connectivity index (χ4v) is 4.97. The summed E-state index contributed by atoms with van der Waals surface area (Å²) in [5, 5.41) is 18.2. The Labute approximate surface area is 185 Å². The highest BCUT2D eigenvalue weighted by atomic mass is 16.2. The summed E-state index contributed by atoms with van der Waals surface area (Å²) in [4.78, 5) is 29.9. The Morgan fingerprint density at radius 2 is 2.03 bits per heavy atom. The first-order chi connectivity index (χ1) is 15.5. The number of carbonyl (C=O) groups is 1. The van der Waals surface area contributed by atoms with Gasteiger partial charge < -0.3 is 15.2 Å². The van der Waals surface area contributed by atoms with Crippen LogP contribution in [0.15, 0.2) is 35.3 Å². The SMILES string of the molecule is CC(C)N1Cc2cc(Nc3nn(C4CCCCC4C#N)c4cc[nH]c(=O)c34)ccc2C1=O. The van der Waals surface area contributed by atoms with Gasteiger partial charge in [0.25, 0.3) is 11.5 Å². The topological polar surface area (TPSA) is 107 Å². The van der Waals surface area contributed by atoms with Crippen molar-refractivity contribution in [3.63, 3.8) is 0 Å². The number of aromatic amines is 1. The highest BCUT2D eigenvalue weighted by Gasteiger charge is 2.31. The van der Waals surface area contributed by atoms with Crippen LogP contribution in [0.5, 0.6) is 0 Å². The van der Waals surface area contributed by atoms with Crippen molar-refractivity contribution in [1.29, 1.82) is 5.26 Å². The van der Waals surface area contributed by atoms with Gasteiger partial charge >= 0.3 is 0 Å². The van der Waals surface area contributed by atoms with E-state index < -0.39 is 0 Å². The second-order valence-electron chi connectivity index (χ2n) is 8.97. The Bertz CT molecular complexity index is 1300. The molecule has 1 aliphatic heterocycles. The van der Waals surface area contributed by atoms with Gasteiger partial charge in [0.05, 0.1) is 23.5 Å². The normalized spacial score (nSPS) is 20.6. The van der Waals surface area contributed by atoms with E-state index in [9.17, 15) is 14.9 Å². The van der Waals surface area contributed by atoms with Gasteiger partial charge in [-0.2, -0.15) is 10.4 Å². The molecule has 8 heteroatoms. The molecule has 2 N–H and O–H groups in total. The van der Waals surface area contributed by atoms with Crippen molar-refractivity contribution in [3.8, 4) is 6.07 Å². The summed E-state index contributed by atoms with van der Waals surface area (Å²) < 4.78 is 1.86. The van der Waals surface area contributed by atoms with Crippen molar-refractivity contribution < 1.29 is 4.79 Å². The van der Waals surface area contributed by atoms with E-state index in [0.717, 1.165) is 48.0 Å². The molecule has 1 fully saturated rings. The van der Waals surface area contributed by atoms with Crippen molar-refractivity contribution >= 4 is 28.3 Å². The van der Waals surface area contributed by atoms with Crippen LogP contribution in [0, 0.1) is 17.2 Å². The molecule has 0 spiro atoms. The summed E-state index contributed by atoms with van der Waals surface area (Å²) in [5.41, 5.74) is 2.96. The molecule has 3 heterocycles. The maximum absolute atomic E-state index is 12.7. The number of nitrogens with one attached hydrogen (secondary N) is 2. The van der Waals surface area contributed by atoms with E-state index in [4.69, 9.17) is 5.10 Å². The van der Waals surface area contributed by atoms with Gasteiger partial charge in [0.2, 0.25) is 0 Å². The van der Waals surface area contributed by atoms with Crippen molar-refractivity contribution in [2.75, 3.05) is 5.32 Å². The second kappa shape index (κ2) is 7.83. The molecule has 0 bridgehead atoms. The van der Waals surface area contributed by atoms with Gasteiger partial charge in [-0.05, 0) is 56.5 Å². The Morgan fingerprint density at radius 3 is 2.81 bits per heavy atom. The fraction of sp³-hybridized carbons (Fsp3) is 0.417. The van der Waals surface area contributed by atoms with E-state index in [1.165, 1.54) is 0 Å². The smallest absolute Gasteiger partial charge is 0.261 e. The van der Waals surface area contributed by atoms with Gasteiger partial charge in [-0.25, -0.2) is 0 Å². The Balaban J connectivity index is 1.54. The summed E-state index contributed by atoms with van der Waals surface area (Å²) in [6, 6.07) is 10.00. The largest absolute Gasteiger partial charge is 0.338 e. The molecular weight excluding hydrogens is 404 g/mol. The van der Waals surface area contributed by atoms with Crippen molar-refractivity contribution in [2.45, 2.75) is 58.2 Å². The molecule has 0 radical (unpaired) electrons. The number of benzene rings is 1. The van der Waals surface area contributed by atoms with Gasteiger partial charge in [-0.3, -0.25) is 14.3 Å². The Morgan fingerprint density at radius 1 is 1.22 bits per heavy atom. The van der Waals surface area contributed by atoms with Crippen molar-refractivity contribution in [1.82, 2.24) is 19.7 Å². The van der Waals surface area contributed by atoms with Crippen LogP contribution in [0.25, 0.3) is 10.9 Å². The minimum atomic E-state index is -0.220. The molecule has 2 aliphatic rings. The van der Waals surface area contributed by atoms with E-state index >= 15 is 0 Å². The van der Waals surface area contributed by atoms with Gasteiger partial charge in [0.15, 0.2) is 5.82 Å². The summed E-state index contributed by atoms with van der Waals surface area (Å²) in [6.07, 6.45) is 5.42. The zero-order valence-electron chi connectivity index (χ0n) is 18.3. The number of hydrogen-bond donors (Lipinski definition) is 2. The molecule has 2 atom stereocenters. The molecule has 1 aliphatic carbocycles. The van der Waals surface area contributed by atoms with Crippen LogP contribution < -0.4 is 10.9 Å². The number of carbonyl (C=O) groups excluding carboxylic acids is 1. The van der Waals surface area contributed by atoms with Crippen LogP contribution in [0.4, 0.5) is 11.5 Å². The lowest BCUT2D eigenvalue weighted by molar-refractivity contribution is 0.0730. The van der Waals surface area contributed by atoms with Crippen LogP contribution >= 0.6 is 0 Å². The predicted molar refractivity (Wildman–Crippen MR) is 122 cm³/mol. The lowest BCUT2D eigenvalue weighted by Crippen LogP contribution is -2.30. The average Bonchev–Trinajstić information content (AvgIpc) is 3.32. The number of nitriles is 1. The van der Waals surface area contributed by atoms with Crippen LogP contribution in [0.3, 0.4) is 0 Å².